The first-order chi connectivity index (χ1) is 9.56. The normalized spacial score (nSPS) is 14.3. The van der Waals surface area contributed by atoms with Crippen molar-refractivity contribution in [2.75, 3.05) is 5.32 Å². The second-order valence-corrected chi connectivity index (χ2v) is 5.56. The lowest BCUT2D eigenvalue weighted by molar-refractivity contribution is -0.117. The minimum Gasteiger partial charge on any atom is -0.323 e. The number of rotatable bonds is 3. The van der Waals surface area contributed by atoms with Crippen LogP contribution in [0.25, 0.3) is 5.69 Å². The lowest BCUT2D eigenvalue weighted by Gasteiger charge is -2.07. The second-order valence-electron chi connectivity index (χ2n) is 5.56. The Bertz CT molecular complexity index is 651. The Labute approximate surface area is 118 Å². The predicted octanol–water partition coefficient (Wildman–Crippen LogP) is 3.15. The molecule has 1 aromatic heterocycles. The molecule has 0 bridgehead atoms. The first-order valence-corrected chi connectivity index (χ1v) is 7.00. The molecule has 4 heteroatoms. The molecule has 104 valence electrons. The van der Waals surface area contributed by atoms with Crippen molar-refractivity contribution in [2.45, 2.75) is 33.6 Å². The number of anilines is 1. The van der Waals surface area contributed by atoms with Crippen LogP contribution in [0.2, 0.25) is 0 Å². The average molecular weight is 269 g/mol. The molecule has 1 aromatic carbocycles. The zero-order valence-electron chi connectivity index (χ0n) is 12.1. The molecule has 1 N–H and O–H groups in total. The van der Waals surface area contributed by atoms with Gasteiger partial charge in [-0.3, -0.25) is 4.79 Å². The van der Waals surface area contributed by atoms with Gasteiger partial charge in [-0.25, -0.2) is 4.68 Å². The van der Waals surface area contributed by atoms with Crippen molar-refractivity contribution >= 4 is 11.6 Å². The quantitative estimate of drug-likeness (QED) is 0.930. The van der Waals surface area contributed by atoms with Crippen LogP contribution in [0.15, 0.2) is 24.3 Å². The van der Waals surface area contributed by atoms with E-state index in [1.807, 2.05) is 30.7 Å². The molecule has 20 heavy (non-hydrogen) atoms. The van der Waals surface area contributed by atoms with Crippen molar-refractivity contribution in [1.29, 1.82) is 0 Å². The minimum absolute atomic E-state index is 0.125. The van der Waals surface area contributed by atoms with E-state index in [9.17, 15) is 4.79 Å². The molecule has 0 aliphatic heterocycles. The topological polar surface area (TPSA) is 46.9 Å². The van der Waals surface area contributed by atoms with Gasteiger partial charge in [0.05, 0.1) is 22.8 Å². The van der Waals surface area contributed by atoms with E-state index in [2.05, 4.69) is 29.5 Å². The lowest BCUT2D eigenvalue weighted by Crippen LogP contribution is -2.14. The van der Waals surface area contributed by atoms with E-state index in [-0.39, 0.29) is 11.8 Å². The van der Waals surface area contributed by atoms with Gasteiger partial charge in [-0.1, -0.05) is 17.7 Å². The molecule has 1 amide bonds. The van der Waals surface area contributed by atoms with E-state index >= 15 is 0 Å². The van der Waals surface area contributed by atoms with Crippen LogP contribution in [0.4, 0.5) is 5.69 Å². The number of hydrogen-bond donors (Lipinski definition) is 1. The fourth-order valence-electron chi connectivity index (χ4n) is 2.33. The number of aryl methyl sites for hydroxylation is 2. The summed E-state index contributed by atoms with van der Waals surface area (Å²) < 4.78 is 1.89. The number of carbonyl (C=O) groups excluding carboxylic acids is 1. The third-order valence-electron chi connectivity index (χ3n) is 3.77. The summed E-state index contributed by atoms with van der Waals surface area (Å²) in [4.78, 5) is 11.9. The Balaban J connectivity index is 1.93. The molecule has 0 spiro atoms. The molecule has 0 saturated heterocycles. The summed E-state index contributed by atoms with van der Waals surface area (Å²) in [7, 11) is 0. The second kappa shape index (κ2) is 4.78. The van der Waals surface area contributed by atoms with Gasteiger partial charge in [0.1, 0.15) is 0 Å². The summed E-state index contributed by atoms with van der Waals surface area (Å²) in [6.07, 6.45) is 2.02. The minimum atomic E-state index is 0.125. The van der Waals surface area contributed by atoms with Crippen LogP contribution >= 0.6 is 0 Å². The third kappa shape index (κ3) is 2.33. The van der Waals surface area contributed by atoms with Crippen molar-refractivity contribution in [3.63, 3.8) is 0 Å². The Morgan fingerprint density at radius 2 is 1.85 bits per heavy atom. The Morgan fingerprint density at radius 3 is 2.45 bits per heavy atom. The highest BCUT2D eigenvalue weighted by Crippen LogP contribution is 2.31. The van der Waals surface area contributed by atoms with E-state index in [0.717, 1.165) is 35.6 Å². The SMILES string of the molecule is Cc1ccc(-n2nc(C)c(NC(=O)C3CC3)c2C)cc1. The van der Waals surface area contributed by atoms with Gasteiger partial charge in [0, 0.05) is 5.92 Å². The summed E-state index contributed by atoms with van der Waals surface area (Å²) in [5.41, 5.74) is 4.92. The van der Waals surface area contributed by atoms with Crippen molar-refractivity contribution in [1.82, 2.24) is 9.78 Å². The van der Waals surface area contributed by atoms with E-state index in [0.29, 0.717) is 0 Å². The van der Waals surface area contributed by atoms with Crippen LogP contribution < -0.4 is 5.32 Å². The number of nitrogens with one attached hydrogen (secondary N) is 1. The number of hydrogen-bond acceptors (Lipinski definition) is 2. The Hall–Kier alpha value is -2.10. The maximum Gasteiger partial charge on any atom is 0.227 e. The Morgan fingerprint density at radius 1 is 1.20 bits per heavy atom. The van der Waals surface area contributed by atoms with Gasteiger partial charge >= 0.3 is 0 Å². The van der Waals surface area contributed by atoms with Crippen LogP contribution in [0, 0.1) is 26.7 Å². The summed E-state index contributed by atoms with van der Waals surface area (Å²) in [5.74, 6) is 0.330. The number of carbonyl (C=O) groups is 1. The highest BCUT2D eigenvalue weighted by Gasteiger charge is 2.30. The standard InChI is InChI=1S/C16H19N3O/c1-10-4-8-14(9-5-10)19-12(3)15(11(2)18-19)17-16(20)13-6-7-13/h4-5,8-9,13H,6-7H2,1-3H3,(H,17,20). The largest absolute Gasteiger partial charge is 0.323 e. The molecule has 0 atom stereocenters. The van der Waals surface area contributed by atoms with E-state index < -0.39 is 0 Å². The smallest absolute Gasteiger partial charge is 0.227 e. The molecule has 1 fully saturated rings. The molecule has 4 nitrogen and oxygen atoms in total. The Kier molecular flexibility index (Phi) is 3.08. The van der Waals surface area contributed by atoms with Crippen molar-refractivity contribution in [3.05, 3.63) is 41.2 Å². The fraction of sp³-hybridized carbons (Fsp3) is 0.375. The maximum absolute atomic E-state index is 11.9. The first kappa shape index (κ1) is 12.9. The van der Waals surface area contributed by atoms with Gasteiger partial charge in [0.2, 0.25) is 5.91 Å². The lowest BCUT2D eigenvalue weighted by atomic mass is 10.2. The van der Waals surface area contributed by atoms with E-state index in [1.54, 1.807) is 0 Å². The van der Waals surface area contributed by atoms with Gasteiger partial charge in [0.15, 0.2) is 0 Å². The third-order valence-corrected chi connectivity index (χ3v) is 3.77. The number of aromatic nitrogens is 2. The van der Waals surface area contributed by atoms with Crippen LogP contribution in [0.5, 0.6) is 0 Å². The molecule has 1 aliphatic carbocycles. The number of nitrogens with zero attached hydrogens (tertiary/aromatic N) is 2. The summed E-state index contributed by atoms with van der Waals surface area (Å²) in [5, 5.41) is 7.56. The van der Waals surface area contributed by atoms with Gasteiger partial charge < -0.3 is 5.32 Å². The van der Waals surface area contributed by atoms with Gasteiger partial charge in [-0.05, 0) is 45.7 Å². The maximum atomic E-state index is 11.9. The summed E-state index contributed by atoms with van der Waals surface area (Å²) in [6, 6.07) is 8.21. The van der Waals surface area contributed by atoms with Crippen molar-refractivity contribution in [2.24, 2.45) is 5.92 Å². The van der Waals surface area contributed by atoms with Gasteiger partial charge in [-0.2, -0.15) is 5.10 Å². The molecule has 0 unspecified atom stereocenters. The fourth-order valence-corrected chi connectivity index (χ4v) is 2.33. The monoisotopic (exact) mass is 269 g/mol. The van der Waals surface area contributed by atoms with Crippen LogP contribution in [0.3, 0.4) is 0 Å². The number of amides is 1. The molecule has 3 rings (SSSR count). The molecular formula is C16H19N3O. The van der Waals surface area contributed by atoms with E-state index in [1.165, 1.54) is 5.56 Å². The first-order valence-electron chi connectivity index (χ1n) is 7.00. The van der Waals surface area contributed by atoms with Crippen molar-refractivity contribution < 1.29 is 4.79 Å². The van der Waals surface area contributed by atoms with Gasteiger partial charge in [-0.15, -0.1) is 0 Å². The molecule has 1 heterocycles. The molecule has 1 saturated carbocycles. The molecule has 1 aliphatic rings. The molecular weight excluding hydrogens is 250 g/mol. The van der Waals surface area contributed by atoms with Crippen LogP contribution in [0.1, 0.15) is 29.8 Å². The van der Waals surface area contributed by atoms with Crippen LogP contribution in [-0.2, 0) is 4.79 Å². The molecule has 2 aromatic rings. The van der Waals surface area contributed by atoms with E-state index in [4.69, 9.17) is 0 Å². The van der Waals surface area contributed by atoms with Gasteiger partial charge in [0.25, 0.3) is 0 Å². The highest BCUT2D eigenvalue weighted by molar-refractivity contribution is 5.95. The highest BCUT2D eigenvalue weighted by atomic mass is 16.2. The zero-order chi connectivity index (χ0) is 14.3. The molecule has 0 radical (unpaired) electrons. The zero-order valence-corrected chi connectivity index (χ0v) is 12.1. The number of benzene rings is 1. The summed E-state index contributed by atoms with van der Waals surface area (Å²) >= 11 is 0. The van der Waals surface area contributed by atoms with Crippen molar-refractivity contribution in [3.8, 4) is 5.69 Å². The predicted molar refractivity (Wildman–Crippen MR) is 79.1 cm³/mol. The summed E-state index contributed by atoms with van der Waals surface area (Å²) in [6.45, 7) is 5.98. The van der Waals surface area contributed by atoms with Crippen LogP contribution in [-0.4, -0.2) is 15.7 Å². The average Bonchev–Trinajstić information content (AvgIpc) is 3.23.